The average Bonchev–Trinajstić information content (AvgIpc) is 2.37. The number of halogens is 2. The van der Waals surface area contributed by atoms with Gasteiger partial charge in [-0.3, -0.25) is 0 Å². The van der Waals surface area contributed by atoms with Crippen molar-refractivity contribution in [3.63, 3.8) is 0 Å². The molecule has 0 bridgehead atoms. The molecule has 0 aliphatic heterocycles. The first-order chi connectivity index (χ1) is 8.69. The van der Waals surface area contributed by atoms with Crippen LogP contribution in [0, 0.1) is 11.6 Å². The van der Waals surface area contributed by atoms with Gasteiger partial charge in [0.1, 0.15) is 0 Å². The van der Waals surface area contributed by atoms with Crippen LogP contribution in [0.5, 0.6) is 0 Å². The van der Waals surface area contributed by atoms with E-state index in [4.69, 9.17) is 0 Å². The molecule has 1 N–H and O–H groups in total. The van der Waals surface area contributed by atoms with Gasteiger partial charge in [-0.15, -0.1) is 0 Å². The third-order valence-electron chi connectivity index (χ3n) is 2.80. The quantitative estimate of drug-likeness (QED) is 0.874. The minimum Gasteiger partial charge on any atom is -0.316 e. The van der Waals surface area contributed by atoms with E-state index in [2.05, 4.69) is 5.32 Å². The Morgan fingerprint density at radius 3 is 2.06 bits per heavy atom. The number of benzene rings is 2. The summed E-state index contributed by atoms with van der Waals surface area (Å²) in [5.74, 6) is -1.59. The number of nitrogens with one attached hydrogen (secondary N) is 1. The summed E-state index contributed by atoms with van der Waals surface area (Å²) in [4.78, 5) is 0. The van der Waals surface area contributed by atoms with Crippen molar-refractivity contribution < 1.29 is 8.78 Å². The van der Waals surface area contributed by atoms with Gasteiger partial charge in [0.2, 0.25) is 0 Å². The van der Waals surface area contributed by atoms with E-state index < -0.39 is 11.6 Å². The highest BCUT2D eigenvalue weighted by molar-refractivity contribution is 5.29. The molecule has 18 heavy (non-hydrogen) atoms. The van der Waals surface area contributed by atoms with Crippen molar-refractivity contribution in [2.75, 3.05) is 7.05 Å². The van der Waals surface area contributed by atoms with Crippen LogP contribution in [-0.2, 0) is 13.0 Å². The second-order valence-corrected chi connectivity index (χ2v) is 4.27. The monoisotopic (exact) mass is 247 g/mol. The van der Waals surface area contributed by atoms with Crippen molar-refractivity contribution in [3.05, 3.63) is 70.8 Å². The summed E-state index contributed by atoms with van der Waals surface area (Å²) in [6, 6.07) is 12.1. The van der Waals surface area contributed by atoms with Crippen LogP contribution in [0.2, 0.25) is 0 Å². The van der Waals surface area contributed by atoms with Crippen LogP contribution in [0.25, 0.3) is 0 Å². The zero-order valence-electron chi connectivity index (χ0n) is 10.2. The predicted octanol–water partition coefficient (Wildman–Crippen LogP) is 3.28. The highest BCUT2D eigenvalue weighted by Crippen LogP contribution is 2.14. The summed E-state index contributed by atoms with van der Waals surface area (Å²) in [6.07, 6.45) is 0.608. The van der Waals surface area contributed by atoms with Gasteiger partial charge in [0.15, 0.2) is 11.6 Å². The molecule has 1 nitrogen and oxygen atoms in total. The molecule has 0 spiro atoms. The minimum atomic E-state index is -0.803. The Hall–Kier alpha value is -1.74. The Labute approximate surface area is 105 Å². The molecule has 3 heteroatoms. The minimum absolute atomic E-state index is 0.608. The van der Waals surface area contributed by atoms with E-state index in [0.29, 0.717) is 6.42 Å². The lowest BCUT2D eigenvalue weighted by Crippen LogP contribution is -2.04. The summed E-state index contributed by atoms with van der Waals surface area (Å²) in [7, 11) is 1.90. The predicted molar refractivity (Wildman–Crippen MR) is 68.4 cm³/mol. The Balaban J connectivity index is 2.10. The molecule has 0 aromatic heterocycles. The topological polar surface area (TPSA) is 12.0 Å². The van der Waals surface area contributed by atoms with Gasteiger partial charge in [0, 0.05) is 6.54 Å². The summed E-state index contributed by atoms with van der Waals surface area (Å²) in [5, 5.41) is 3.08. The van der Waals surface area contributed by atoms with Crippen molar-refractivity contribution in [2.24, 2.45) is 0 Å². The van der Waals surface area contributed by atoms with Gasteiger partial charge in [0.25, 0.3) is 0 Å². The van der Waals surface area contributed by atoms with Crippen molar-refractivity contribution in [3.8, 4) is 0 Å². The Morgan fingerprint density at radius 2 is 1.44 bits per heavy atom. The second kappa shape index (κ2) is 5.74. The number of hydrogen-bond acceptors (Lipinski definition) is 1. The zero-order valence-corrected chi connectivity index (χ0v) is 10.2. The van der Waals surface area contributed by atoms with Crippen molar-refractivity contribution >= 4 is 0 Å². The largest absolute Gasteiger partial charge is 0.316 e. The van der Waals surface area contributed by atoms with E-state index in [1.165, 1.54) is 17.7 Å². The molecule has 0 saturated heterocycles. The lowest BCUT2D eigenvalue weighted by Gasteiger charge is -2.05. The van der Waals surface area contributed by atoms with Gasteiger partial charge in [-0.1, -0.05) is 30.3 Å². The maximum Gasteiger partial charge on any atom is 0.159 e. The SMILES string of the molecule is CNCc1ccc(Cc2ccc(F)c(F)c2)cc1. The molecule has 0 fully saturated rings. The lowest BCUT2D eigenvalue weighted by molar-refractivity contribution is 0.507. The highest BCUT2D eigenvalue weighted by Gasteiger charge is 2.03. The number of rotatable bonds is 4. The molecule has 0 aliphatic carbocycles. The van der Waals surface area contributed by atoms with Crippen LogP contribution in [0.4, 0.5) is 8.78 Å². The third-order valence-corrected chi connectivity index (χ3v) is 2.80. The first-order valence-corrected chi connectivity index (χ1v) is 5.85. The smallest absolute Gasteiger partial charge is 0.159 e. The van der Waals surface area contributed by atoms with E-state index in [0.717, 1.165) is 17.7 Å². The molecular weight excluding hydrogens is 232 g/mol. The molecule has 0 heterocycles. The summed E-state index contributed by atoms with van der Waals surface area (Å²) < 4.78 is 25.9. The molecule has 0 saturated carbocycles. The number of hydrogen-bond donors (Lipinski definition) is 1. The van der Waals surface area contributed by atoms with Crippen LogP contribution < -0.4 is 5.32 Å². The Bertz CT molecular complexity index is 521. The lowest BCUT2D eigenvalue weighted by atomic mass is 10.0. The molecule has 0 radical (unpaired) electrons. The van der Waals surface area contributed by atoms with Gasteiger partial charge < -0.3 is 5.32 Å². The molecule has 0 unspecified atom stereocenters. The first-order valence-electron chi connectivity index (χ1n) is 5.85. The van der Waals surface area contributed by atoms with Crippen LogP contribution in [0.3, 0.4) is 0 Å². The van der Waals surface area contributed by atoms with Crippen molar-refractivity contribution in [2.45, 2.75) is 13.0 Å². The third kappa shape index (κ3) is 3.14. The molecule has 0 amide bonds. The standard InChI is InChI=1S/C15H15F2N/c1-18-10-12-4-2-11(3-5-12)8-13-6-7-14(16)15(17)9-13/h2-7,9,18H,8,10H2,1H3. The van der Waals surface area contributed by atoms with Gasteiger partial charge >= 0.3 is 0 Å². The van der Waals surface area contributed by atoms with E-state index >= 15 is 0 Å². The van der Waals surface area contributed by atoms with E-state index in [1.54, 1.807) is 6.07 Å². The molecule has 2 aromatic rings. The second-order valence-electron chi connectivity index (χ2n) is 4.27. The fourth-order valence-corrected chi connectivity index (χ4v) is 1.86. The molecule has 0 atom stereocenters. The Morgan fingerprint density at radius 1 is 0.833 bits per heavy atom. The molecule has 2 aromatic carbocycles. The maximum atomic E-state index is 13.1. The van der Waals surface area contributed by atoms with Crippen LogP contribution in [-0.4, -0.2) is 7.05 Å². The summed E-state index contributed by atoms with van der Waals surface area (Å²) in [6.45, 7) is 0.825. The van der Waals surface area contributed by atoms with Crippen LogP contribution >= 0.6 is 0 Å². The van der Waals surface area contributed by atoms with Crippen molar-refractivity contribution in [1.29, 1.82) is 0 Å². The highest BCUT2D eigenvalue weighted by atomic mass is 19.2. The van der Waals surface area contributed by atoms with Gasteiger partial charge in [-0.2, -0.15) is 0 Å². The molecule has 94 valence electrons. The summed E-state index contributed by atoms with van der Waals surface area (Å²) >= 11 is 0. The first kappa shape index (κ1) is 12.7. The maximum absolute atomic E-state index is 13.1. The fourth-order valence-electron chi connectivity index (χ4n) is 1.86. The Kier molecular flexibility index (Phi) is 4.05. The summed E-state index contributed by atoms with van der Waals surface area (Å²) in [5.41, 5.74) is 3.06. The van der Waals surface area contributed by atoms with Gasteiger partial charge in [-0.05, 0) is 42.3 Å². The molecular formula is C15H15F2N. The van der Waals surface area contributed by atoms with Gasteiger partial charge in [-0.25, -0.2) is 8.78 Å². The average molecular weight is 247 g/mol. The van der Waals surface area contributed by atoms with E-state index in [1.807, 2.05) is 31.3 Å². The van der Waals surface area contributed by atoms with E-state index in [-0.39, 0.29) is 0 Å². The van der Waals surface area contributed by atoms with Crippen LogP contribution in [0.15, 0.2) is 42.5 Å². The normalized spacial score (nSPS) is 10.6. The van der Waals surface area contributed by atoms with Gasteiger partial charge in [0.05, 0.1) is 0 Å². The van der Waals surface area contributed by atoms with E-state index in [9.17, 15) is 8.78 Å². The zero-order chi connectivity index (χ0) is 13.0. The molecule has 0 aliphatic rings. The van der Waals surface area contributed by atoms with Crippen LogP contribution in [0.1, 0.15) is 16.7 Å². The molecule has 2 rings (SSSR count). The van der Waals surface area contributed by atoms with Crippen molar-refractivity contribution in [1.82, 2.24) is 5.32 Å². The fraction of sp³-hybridized carbons (Fsp3) is 0.200.